The second-order valence-corrected chi connectivity index (χ2v) is 8.01. The van der Waals surface area contributed by atoms with Crippen LogP contribution in [0.25, 0.3) is 0 Å². The maximum Gasteiger partial charge on any atom is 0.236 e. The fraction of sp³-hybridized carbons (Fsp3) is 0.923. The molecular weight excluding hydrogens is 278 g/mol. The van der Waals surface area contributed by atoms with E-state index < -0.39 is 10.0 Å². The molecule has 7 heteroatoms. The zero-order valence-corrected chi connectivity index (χ0v) is 13.8. The maximum absolute atomic E-state index is 12.3. The molecule has 1 fully saturated rings. The molecule has 0 aliphatic carbocycles. The Bertz CT molecular complexity index is 415. The first-order chi connectivity index (χ1) is 9.28. The van der Waals surface area contributed by atoms with Crippen LogP contribution in [0.5, 0.6) is 0 Å². The number of hydrogen-bond donors (Lipinski definition) is 0. The second-order valence-electron chi connectivity index (χ2n) is 5.66. The van der Waals surface area contributed by atoms with Crippen LogP contribution < -0.4 is 0 Å². The Hall–Kier alpha value is -0.660. The molecule has 1 amide bonds. The molecule has 0 bridgehead atoms. The number of piperazine rings is 1. The van der Waals surface area contributed by atoms with Crippen LogP contribution in [0.4, 0.5) is 0 Å². The molecule has 0 radical (unpaired) electrons. The lowest BCUT2D eigenvalue weighted by Crippen LogP contribution is -2.53. The molecule has 1 saturated heterocycles. The molecule has 1 atom stereocenters. The van der Waals surface area contributed by atoms with E-state index in [0.717, 1.165) is 6.42 Å². The Morgan fingerprint density at radius 2 is 1.75 bits per heavy atom. The molecule has 0 aromatic heterocycles. The summed E-state index contributed by atoms with van der Waals surface area (Å²) in [4.78, 5) is 15.5. The van der Waals surface area contributed by atoms with E-state index in [9.17, 15) is 13.2 Å². The topological polar surface area (TPSA) is 60.9 Å². The lowest BCUT2D eigenvalue weighted by Gasteiger charge is -2.35. The van der Waals surface area contributed by atoms with E-state index in [2.05, 4.69) is 0 Å². The highest BCUT2D eigenvalue weighted by Crippen LogP contribution is 2.16. The van der Waals surface area contributed by atoms with Gasteiger partial charge in [-0.05, 0) is 27.4 Å². The third kappa shape index (κ3) is 4.43. The molecule has 6 nitrogen and oxygen atoms in total. The minimum absolute atomic E-state index is 0.0636. The molecule has 20 heavy (non-hydrogen) atoms. The summed E-state index contributed by atoms with van der Waals surface area (Å²) in [6.45, 7) is 5.94. The van der Waals surface area contributed by atoms with Gasteiger partial charge in [-0.1, -0.05) is 13.3 Å². The van der Waals surface area contributed by atoms with Gasteiger partial charge in [0, 0.05) is 26.2 Å². The number of amides is 1. The number of hydrogen-bond acceptors (Lipinski definition) is 4. The van der Waals surface area contributed by atoms with Crippen LogP contribution in [-0.2, 0) is 14.8 Å². The van der Waals surface area contributed by atoms with Crippen molar-refractivity contribution < 1.29 is 13.2 Å². The van der Waals surface area contributed by atoms with Crippen LogP contribution in [0.3, 0.4) is 0 Å². The maximum atomic E-state index is 12.3. The fourth-order valence-electron chi connectivity index (χ4n) is 2.37. The summed E-state index contributed by atoms with van der Waals surface area (Å²) in [7, 11) is 0.493. The third-order valence-electron chi connectivity index (χ3n) is 3.61. The van der Waals surface area contributed by atoms with Crippen molar-refractivity contribution in [2.24, 2.45) is 0 Å². The van der Waals surface area contributed by atoms with Crippen LogP contribution in [0.1, 0.15) is 26.7 Å². The Morgan fingerprint density at radius 3 is 2.20 bits per heavy atom. The van der Waals surface area contributed by atoms with Crippen molar-refractivity contribution in [1.29, 1.82) is 0 Å². The summed E-state index contributed by atoms with van der Waals surface area (Å²) in [6.07, 6.45) is 1.55. The molecule has 118 valence electrons. The average molecular weight is 305 g/mol. The van der Waals surface area contributed by atoms with Crippen molar-refractivity contribution in [3.8, 4) is 0 Å². The highest BCUT2D eigenvalue weighted by atomic mass is 32.2. The number of likely N-dealkylation sites (N-methyl/N-ethyl adjacent to an activating group) is 1. The minimum Gasteiger partial charge on any atom is -0.339 e. The molecule has 1 aliphatic rings. The van der Waals surface area contributed by atoms with Gasteiger partial charge in [-0.2, -0.15) is 4.31 Å². The predicted molar refractivity (Wildman–Crippen MR) is 80.0 cm³/mol. The highest BCUT2D eigenvalue weighted by Gasteiger charge is 2.32. The van der Waals surface area contributed by atoms with E-state index >= 15 is 0 Å². The SMILES string of the molecule is CCC[C@H](C)S(=O)(=O)N1CCN(C(=O)CN(C)C)CC1. The van der Waals surface area contributed by atoms with Gasteiger partial charge < -0.3 is 9.80 Å². The van der Waals surface area contributed by atoms with Crippen LogP contribution in [0.15, 0.2) is 0 Å². The average Bonchev–Trinajstić information content (AvgIpc) is 2.38. The Balaban J connectivity index is 2.55. The predicted octanol–water partition coefficient (Wildman–Crippen LogP) is 0.211. The van der Waals surface area contributed by atoms with Crippen LogP contribution in [-0.4, -0.2) is 80.5 Å². The molecule has 1 rings (SSSR count). The quantitative estimate of drug-likeness (QED) is 0.704. The number of carbonyl (C=O) groups is 1. The van der Waals surface area contributed by atoms with Gasteiger partial charge in [0.1, 0.15) is 0 Å². The lowest BCUT2D eigenvalue weighted by atomic mass is 10.3. The summed E-state index contributed by atoms with van der Waals surface area (Å²) in [5, 5.41) is -0.337. The normalized spacial score (nSPS) is 19.4. The summed E-state index contributed by atoms with van der Waals surface area (Å²) >= 11 is 0. The monoisotopic (exact) mass is 305 g/mol. The van der Waals surface area contributed by atoms with Gasteiger partial charge in [0.25, 0.3) is 0 Å². The Kier molecular flexibility index (Phi) is 6.42. The van der Waals surface area contributed by atoms with Crippen molar-refractivity contribution in [3.63, 3.8) is 0 Å². The summed E-state index contributed by atoms with van der Waals surface area (Å²) in [5.41, 5.74) is 0. The van der Waals surface area contributed by atoms with E-state index in [1.54, 1.807) is 11.8 Å². The smallest absolute Gasteiger partial charge is 0.236 e. The number of nitrogens with zero attached hydrogens (tertiary/aromatic N) is 3. The standard InChI is InChI=1S/C13H27N3O3S/c1-5-6-12(2)20(18,19)16-9-7-15(8-10-16)13(17)11-14(3)4/h12H,5-11H2,1-4H3/t12-/m0/s1. The van der Waals surface area contributed by atoms with E-state index in [1.807, 2.05) is 25.9 Å². The summed E-state index contributed by atoms with van der Waals surface area (Å²) in [5.74, 6) is 0.0636. The molecule has 0 saturated carbocycles. The molecular formula is C13H27N3O3S. The van der Waals surface area contributed by atoms with Crippen LogP contribution in [0.2, 0.25) is 0 Å². The fourth-order valence-corrected chi connectivity index (χ4v) is 4.09. The summed E-state index contributed by atoms with van der Waals surface area (Å²) < 4.78 is 26.2. The number of carbonyl (C=O) groups excluding carboxylic acids is 1. The van der Waals surface area contributed by atoms with Gasteiger partial charge in [-0.25, -0.2) is 8.42 Å². The second kappa shape index (κ2) is 7.38. The summed E-state index contributed by atoms with van der Waals surface area (Å²) in [6, 6.07) is 0. The Labute approximate surface area is 122 Å². The first-order valence-corrected chi connectivity index (χ1v) is 8.70. The molecule has 0 aromatic rings. The zero-order valence-electron chi connectivity index (χ0n) is 13.0. The molecule has 0 aromatic carbocycles. The molecule has 0 unspecified atom stereocenters. The molecule has 0 spiro atoms. The largest absolute Gasteiger partial charge is 0.339 e. The van der Waals surface area contributed by atoms with E-state index in [1.165, 1.54) is 4.31 Å². The lowest BCUT2D eigenvalue weighted by molar-refractivity contribution is -0.133. The van der Waals surface area contributed by atoms with Gasteiger partial charge in [-0.3, -0.25) is 4.79 Å². The van der Waals surface area contributed by atoms with Crippen molar-refractivity contribution in [2.45, 2.75) is 31.9 Å². The number of sulfonamides is 1. The highest BCUT2D eigenvalue weighted by molar-refractivity contribution is 7.89. The molecule has 1 heterocycles. The van der Waals surface area contributed by atoms with Crippen molar-refractivity contribution in [2.75, 3.05) is 46.8 Å². The van der Waals surface area contributed by atoms with Gasteiger partial charge in [0.05, 0.1) is 11.8 Å². The third-order valence-corrected chi connectivity index (χ3v) is 5.94. The van der Waals surface area contributed by atoms with Crippen LogP contribution >= 0.6 is 0 Å². The van der Waals surface area contributed by atoms with Gasteiger partial charge >= 0.3 is 0 Å². The zero-order chi connectivity index (χ0) is 15.3. The van der Waals surface area contributed by atoms with Gasteiger partial charge in [0.2, 0.25) is 15.9 Å². The van der Waals surface area contributed by atoms with Crippen LogP contribution in [0, 0.1) is 0 Å². The van der Waals surface area contributed by atoms with Crippen molar-refractivity contribution >= 4 is 15.9 Å². The van der Waals surface area contributed by atoms with Gasteiger partial charge in [-0.15, -0.1) is 0 Å². The van der Waals surface area contributed by atoms with Crippen molar-refractivity contribution in [1.82, 2.24) is 14.1 Å². The first-order valence-electron chi connectivity index (χ1n) is 7.20. The van der Waals surface area contributed by atoms with E-state index in [4.69, 9.17) is 0 Å². The van der Waals surface area contributed by atoms with E-state index in [-0.39, 0.29) is 11.2 Å². The first kappa shape index (κ1) is 17.4. The molecule has 1 aliphatic heterocycles. The molecule has 0 N–H and O–H groups in total. The Morgan fingerprint density at radius 1 is 1.20 bits per heavy atom. The minimum atomic E-state index is -3.21. The number of rotatable bonds is 6. The van der Waals surface area contributed by atoms with E-state index in [0.29, 0.717) is 39.1 Å². The van der Waals surface area contributed by atoms with Gasteiger partial charge in [0.15, 0.2) is 0 Å². The van der Waals surface area contributed by atoms with Crippen molar-refractivity contribution in [3.05, 3.63) is 0 Å².